The molecule has 0 atom stereocenters. The van der Waals surface area contributed by atoms with Crippen molar-refractivity contribution in [3.63, 3.8) is 0 Å². The van der Waals surface area contributed by atoms with Crippen molar-refractivity contribution in [1.82, 2.24) is 19.3 Å². The molecular weight excluding hydrogens is 356 g/mol. The van der Waals surface area contributed by atoms with Crippen LogP contribution in [-0.2, 0) is 9.47 Å². The van der Waals surface area contributed by atoms with Crippen LogP contribution in [0, 0.1) is 6.92 Å². The molecule has 3 aromatic rings. The Morgan fingerprint density at radius 3 is 2.54 bits per heavy atom. The second-order valence-corrected chi connectivity index (χ2v) is 7.40. The molecule has 2 aliphatic rings. The molecule has 0 unspecified atom stereocenters. The van der Waals surface area contributed by atoms with Gasteiger partial charge in [-0.15, -0.1) is 0 Å². The van der Waals surface area contributed by atoms with Crippen molar-refractivity contribution in [3.05, 3.63) is 54.1 Å². The smallest absolute Gasteiger partial charge is 0.274 e. The molecule has 0 radical (unpaired) electrons. The number of piperidine rings is 1. The van der Waals surface area contributed by atoms with Crippen LogP contribution in [0.2, 0.25) is 0 Å². The molecule has 0 bridgehead atoms. The van der Waals surface area contributed by atoms with E-state index in [9.17, 15) is 4.79 Å². The lowest BCUT2D eigenvalue weighted by atomic mass is 10.0. The molecule has 28 heavy (non-hydrogen) atoms. The molecule has 1 aromatic carbocycles. The molecule has 0 saturated carbocycles. The lowest BCUT2D eigenvalue weighted by molar-refractivity contribution is -0.181. The van der Waals surface area contributed by atoms with Crippen molar-refractivity contribution in [2.45, 2.75) is 25.6 Å². The molecule has 4 heterocycles. The van der Waals surface area contributed by atoms with Gasteiger partial charge in [-0.25, -0.2) is 4.98 Å². The van der Waals surface area contributed by atoms with Gasteiger partial charge < -0.3 is 18.8 Å². The van der Waals surface area contributed by atoms with Gasteiger partial charge in [0, 0.05) is 50.1 Å². The Morgan fingerprint density at radius 2 is 1.82 bits per heavy atom. The van der Waals surface area contributed by atoms with Crippen LogP contribution < -0.4 is 0 Å². The van der Waals surface area contributed by atoms with E-state index in [4.69, 9.17) is 9.47 Å². The Bertz CT molecular complexity index is 1010. The van der Waals surface area contributed by atoms with Gasteiger partial charge in [-0.1, -0.05) is 29.8 Å². The van der Waals surface area contributed by atoms with Crippen molar-refractivity contribution in [2.75, 3.05) is 26.3 Å². The number of hydrogen-bond donors (Lipinski definition) is 0. The van der Waals surface area contributed by atoms with E-state index in [2.05, 4.69) is 16.9 Å². The first kappa shape index (κ1) is 17.3. The molecular formula is C21H22N4O3. The summed E-state index contributed by atoms with van der Waals surface area (Å²) in [6.45, 7) is 4.53. The summed E-state index contributed by atoms with van der Waals surface area (Å²) in [4.78, 5) is 24.0. The number of amides is 1. The Labute approximate surface area is 162 Å². The maximum absolute atomic E-state index is 13.0. The van der Waals surface area contributed by atoms with E-state index >= 15 is 0 Å². The first-order valence-corrected chi connectivity index (χ1v) is 9.62. The lowest BCUT2D eigenvalue weighted by Gasteiger charge is -2.37. The number of likely N-dealkylation sites (tertiary alicyclic amines) is 1. The fourth-order valence-electron chi connectivity index (χ4n) is 3.94. The number of nitrogens with zero attached hydrogens (tertiary/aromatic N) is 4. The second-order valence-electron chi connectivity index (χ2n) is 7.40. The third-order valence-electron chi connectivity index (χ3n) is 5.55. The van der Waals surface area contributed by atoms with Gasteiger partial charge in [0.1, 0.15) is 11.4 Å². The standard InChI is InChI=1S/C21H22N4O3/c1-15-2-4-16(5-3-15)18-19-23-17(14-25(19)11-8-22-18)20(26)24-9-6-21(7-10-24)27-12-13-28-21/h2-5,8,11,14H,6-7,9-10,12-13H2,1H3. The summed E-state index contributed by atoms with van der Waals surface area (Å²) in [5.41, 5.74) is 4.06. The molecule has 2 saturated heterocycles. The Morgan fingerprint density at radius 1 is 1.11 bits per heavy atom. The molecule has 0 aliphatic carbocycles. The molecule has 2 fully saturated rings. The highest BCUT2D eigenvalue weighted by molar-refractivity contribution is 5.93. The van der Waals surface area contributed by atoms with Crippen molar-refractivity contribution in [3.8, 4) is 11.3 Å². The summed E-state index contributed by atoms with van der Waals surface area (Å²) in [7, 11) is 0. The molecule has 2 aliphatic heterocycles. The summed E-state index contributed by atoms with van der Waals surface area (Å²) < 4.78 is 13.4. The lowest BCUT2D eigenvalue weighted by Crippen LogP contribution is -2.47. The van der Waals surface area contributed by atoms with Crippen LogP contribution in [-0.4, -0.2) is 57.3 Å². The highest BCUT2D eigenvalue weighted by atomic mass is 16.7. The predicted molar refractivity (Wildman–Crippen MR) is 103 cm³/mol. The summed E-state index contributed by atoms with van der Waals surface area (Å²) in [6, 6.07) is 8.15. The second kappa shape index (κ2) is 6.68. The number of hydrogen-bond acceptors (Lipinski definition) is 5. The largest absolute Gasteiger partial charge is 0.347 e. The van der Waals surface area contributed by atoms with Crippen molar-refractivity contribution >= 4 is 11.6 Å². The van der Waals surface area contributed by atoms with Crippen LogP contribution >= 0.6 is 0 Å². The minimum absolute atomic E-state index is 0.0635. The number of ether oxygens (including phenoxy) is 2. The Hall–Kier alpha value is -2.77. The van der Waals surface area contributed by atoms with Crippen LogP contribution in [0.15, 0.2) is 42.9 Å². The average Bonchev–Trinajstić information content (AvgIpc) is 3.36. The highest BCUT2D eigenvalue weighted by Crippen LogP contribution is 2.32. The van der Waals surface area contributed by atoms with E-state index in [1.165, 1.54) is 5.56 Å². The normalized spacial score (nSPS) is 18.8. The monoisotopic (exact) mass is 378 g/mol. The van der Waals surface area contributed by atoms with Crippen LogP contribution in [0.4, 0.5) is 0 Å². The third kappa shape index (κ3) is 2.96. The number of rotatable bonds is 2. The fourth-order valence-corrected chi connectivity index (χ4v) is 3.94. The van der Waals surface area contributed by atoms with Crippen LogP contribution in [0.25, 0.3) is 16.9 Å². The van der Waals surface area contributed by atoms with Crippen molar-refractivity contribution in [1.29, 1.82) is 0 Å². The molecule has 7 heteroatoms. The quantitative estimate of drug-likeness (QED) is 0.686. The van der Waals surface area contributed by atoms with Crippen molar-refractivity contribution < 1.29 is 14.3 Å². The Kier molecular flexibility index (Phi) is 4.14. The molecule has 1 amide bonds. The molecule has 144 valence electrons. The van der Waals surface area contributed by atoms with Gasteiger partial charge in [0.2, 0.25) is 0 Å². The van der Waals surface area contributed by atoms with Gasteiger partial charge in [-0.2, -0.15) is 0 Å². The zero-order chi connectivity index (χ0) is 19.1. The maximum Gasteiger partial charge on any atom is 0.274 e. The van der Waals surface area contributed by atoms with Gasteiger partial charge in [0.15, 0.2) is 11.4 Å². The molecule has 0 N–H and O–H groups in total. The van der Waals surface area contributed by atoms with Gasteiger partial charge in [-0.3, -0.25) is 9.78 Å². The molecule has 2 aromatic heterocycles. The van der Waals surface area contributed by atoms with Crippen molar-refractivity contribution in [2.24, 2.45) is 0 Å². The number of carbonyl (C=O) groups excluding carboxylic acids is 1. The van der Waals surface area contributed by atoms with Gasteiger partial charge in [0.25, 0.3) is 5.91 Å². The number of benzene rings is 1. The summed E-state index contributed by atoms with van der Waals surface area (Å²) >= 11 is 0. The summed E-state index contributed by atoms with van der Waals surface area (Å²) in [5.74, 6) is -0.551. The topological polar surface area (TPSA) is 69.0 Å². The third-order valence-corrected chi connectivity index (χ3v) is 5.55. The number of aromatic nitrogens is 3. The SMILES string of the molecule is Cc1ccc(-c2nccn3cc(C(=O)N4CCC5(CC4)OCCO5)nc23)cc1. The van der Waals surface area contributed by atoms with Crippen LogP contribution in [0.1, 0.15) is 28.9 Å². The number of carbonyl (C=O) groups is 1. The number of aryl methyl sites for hydroxylation is 1. The average molecular weight is 378 g/mol. The van der Waals surface area contributed by atoms with E-state index in [0.29, 0.717) is 50.5 Å². The van der Waals surface area contributed by atoms with Gasteiger partial charge >= 0.3 is 0 Å². The fraction of sp³-hybridized carbons (Fsp3) is 0.381. The number of imidazole rings is 1. The van der Waals surface area contributed by atoms with E-state index < -0.39 is 5.79 Å². The first-order valence-electron chi connectivity index (χ1n) is 9.62. The Balaban J connectivity index is 1.41. The summed E-state index contributed by atoms with van der Waals surface area (Å²) in [5, 5.41) is 0. The van der Waals surface area contributed by atoms with E-state index in [1.807, 2.05) is 39.8 Å². The number of fused-ring (bicyclic) bond motifs is 1. The van der Waals surface area contributed by atoms with Gasteiger partial charge in [-0.05, 0) is 6.92 Å². The van der Waals surface area contributed by atoms with E-state index in [1.54, 1.807) is 12.4 Å². The minimum Gasteiger partial charge on any atom is -0.347 e. The maximum atomic E-state index is 13.0. The van der Waals surface area contributed by atoms with E-state index in [0.717, 1.165) is 11.3 Å². The zero-order valence-corrected chi connectivity index (χ0v) is 15.8. The van der Waals surface area contributed by atoms with Crippen LogP contribution in [0.3, 0.4) is 0 Å². The summed E-state index contributed by atoms with van der Waals surface area (Å²) in [6.07, 6.45) is 6.73. The molecule has 7 nitrogen and oxygen atoms in total. The predicted octanol–water partition coefficient (Wildman–Crippen LogP) is 2.68. The molecule has 1 spiro atoms. The van der Waals surface area contributed by atoms with Crippen LogP contribution in [0.5, 0.6) is 0 Å². The highest BCUT2D eigenvalue weighted by Gasteiger charge is 2.41. The van der Waals surface area contributed by atoms with Gasteiger partial charge in [0.05, 0.1) is 13.2 Å². The van der Waals surface area contributed by atoms with E-state index in [-0.39, 0.29) is 5.91 Å². The first-order chi connectivity index (χ1) is 13.6. The minimum atomic E-state index is -0.488. The molecule has 5 rings (SSSR count). The zero-order valence-electron chi connectivity index (χ0n) is 15.8.